The summed E-state index contributed by atoms with van der Waals surface area (Å²) < 4.78 is 0. The molecular weight excluding hydrogens is 152 g/mol. The molecule has 4 nitrogen and oxygen atoms in total. The zero-order chi connectivity index (χ0) is 8.39. The maximum atomic E-state index is 5.98. The molecule has 0 amide bonds. The van der Waals surface area contributed by atoms with E-state index in [9.17, 15) is 0 Å². The first-order valence-corrected chi connectivity index (χ1v) is 4.49. The Kier molecular flexibility index (Phi) is 2.08. The number of nitrogens with zero attached hydrogens (tertiary/aromatic N) is 2. The van der Waals surface area contributed by atoms with Crippen molar-refractivity contribution in [3.05, 3.63) is 12.2 Å². The second-order valence-corrected chi connectivity index (χ2v) is 3.43. The van der Waals surface area contributed by atoms with E-state index in [1.165, 1.54) is 12.8 Å². The van der Waals surface area contributed by atoms with Crippen molar-refractivity contribution in [2.75, 3.05) is 0 Å². The summed E-state index contributed by atoms with van der Waals surface area (Å²) in [5, 5.41) is 6.74. The SMILES string of the molecule is NC1CCCCC1c1ncn[nH]1. The molecule has 0 aromatic carbocycles. The van der Waals surface area contributed by atoms with E-state index in [1.807, 2.05) is 0 Å². The Labute approximate surface area is 71.6 Å². The quantitative estimate of drug-likeness (QED) is 0.648. The molecule has 0 spiro atoms. The topological polar surface area (TPSA) is 67.6 Å². The molecule has 0 radical (unpaired) electrons. The number of nitrogens with one attached hydrogen (secondary N) is 1. The van der Waals surface area contributed by atoms with Gasteiger partial charge in [-0.25, -0.2) is 4.98 Å². The molecule has 4 heteroatoms. The molecule has 2 rings (SSSR count). The van der Waals surface area contributed by atoms with Gasteiger partial charge in [0.15, 0.2) is 0 Å². The summed E-state index contributed by atoms with van der Waals surface area (Å²) >= 11 is 0. The fourth-order valence-corrected chi connectivity index (χ4v) is 1.89. The van der Waals surface area contributed by atoms with Gasteiger partial charge in [-0.2, -0.15) is 5.10 Å². The first kappa shape index (κ1) is 7.73. The van der Waals surface area contributed by atoms with E-state index in [2.05, 4.69) is 15.2 Å². The largest absolute Gasteiger partial charge is 0.327 e. The summed E-state index contributed by atoms with van der Waals surface area (Å²) in [6.07, 6.45) is 6.34. The number of aromatic amines is 1. The number of aromatic nitrogens is 3. The van der Waals surface area contributed by atoms with Gasteiger partial charge in [-0.1, -0.05) is 12.8 Å². The summed E-state index contributed by atoms with van der Waals surface area (Å²) in [5.74, 6) is 1.36. The number of H-pyrrole nitrogens is 1. The van der Waals surface area contributed by atoms with Gasteiger partial charge < -0.3 is 5.73 Å². The van der Waals surface area contributed by atoms with Gasteiger partial charge in [-0.3, -0.25) is 5.10 Å². The van der Waals surface area contributed by atoms with E-state index in [-0.39, 0.29) is 6.04 Å². The van der Waals surface area contributed by atoms with Crippen LogP contribution in [0.3, 0.4) is 0 Å². The van der Waals surface area contributed by atoms with Crippen molar-refractivity contribution in [2.45, 2.75) is 37.6 Å². The van der Waals surface area contributed by atoms with Gasteiger partial charge in [-0.05, 0) is 12.8 Å². The van der Waals surface area contributed by atoms with Gasteiger partial charge >= 0.3 is 0 Å². The lowest BCUT2D eigenvalue weighted by Gasteiger charge is -2.26. The molecule has 0 bridgehead atoms. The van der Waals surface area contributed by atoms with Gasteiger partial charge in [0.1, 0.15) is 12.2 Å². The van der Waals surface area contributed by atoms with E-state index < -0.39 is 0 Å². The highest BCUT2D eigenvalue weighted by Gasteiger charge is 2.25. The van der Waals surface area contributed by atoms with Crippen LogP contribution in [0.1, 0.15) is 37.4 Å². The van der Waals surface area contributed by atoms with Crippen LogP contribution in [0.2, 0.25) is 0 Å². The molecule has 1 aliphatic rings. The third kappa shape index (κ3) is 1.34. The zero-order valence-electron chi connectivity index (χ0n) is 7.03. The molecule has 2 unspecified atom stereocenters. The molecule has 12 heavy (non-hydrogen) atoms. The number of nitrogens with two attached hydrogens (primary N) is 1. The smallest absolute Gasteiger partial charge is 0.137 e. The Morgan fingerprint density at radius 3 is 2.92 bits per heavy atom. The number of hydrogen-bond donors (Lipinski definition) is 2. The van der Waals surface area contributed by atoms with Crippen molar-refractivity contribution in [1.82, 2.24) is 15.2 Å². The lowest BCUT2D eigenvalue weighted by Crippen LogP contribution is -2.31. The zero-order valence-corrected chi connectivity index (χ0v) is 7.03. The van der Waals surface area contributed by atoms with Crippen LogP contribution in [0.15, 0.2) is 6.33 Å². The molecule has 0 saturated heterocycles. The third-order valence-corrected chi connectivity index (χ3v) is 2.60. The van der Waals surface area contributed by atoms with Gasteiger partial charge in [0.2, 0.25) is 0 Å². The van der Waals surface area contributed by atoms with E-state index in [4.69, 9.17) is 5.73 Å². The lowest BCUT2D eigenvalue weighted by molar-refractivity contribution is 0.374. The molecule has 2 atom stereocenters. The second kappa shape index (κ2) is 3.23. The molecule has 1 aromatic rings. The van der Waals surface area contributed by atoms with Crippen molar-refractivity contribution >= 4 is 0 Å². The lowest BCUT2D eigenvalue weighted by atomic mass is 9.85. The van der Waals surface area contributed by atoms with E-state index in [0.717, 1.165) is 18.7 Å². The molecule has 66 valence electrons. The van der Waals surface area contributed by atoms with Crippen LogP contribution >= 0.6 is 0 Å². The van der Waals surface area contributed by atoms with Crippen LogP contribution < -0.4 is 5.73 Å². The van der Waals surface area contributed by atoms with Gasteiger partial charge in [0.25, 0.3) is 0 Å². The number of hydrogen-bond acceptors (Lipinski definition) is 3. The normalized spacial score (nSPS) is 30.4. The minimum Gasteiger partial charge on any atom is -0.327 e. The summed E-state index contributed by atoms with van der Waals surface area (Å²) in [7, 11) is 0. The highest BCUT2D eigenvalue weighted by atomic mass is 15.2. The Morgan fingerprint density at radius 1 is 1.42 bits per heavy atom. The molecule has 1 fully saturated rings. The predicted octanol–water partition coefficient (Wildman–Crippen LogP) is 0.790. The second-order valence-electron chi connectivity index (χ2n) is 3.43. The summed E-state index contributed by atoms with van der Waals surface area (Å²) in [4.78, 5) is 4.14. The Hall–Kier alpha value is -0.900. The summed E-state index contributed by atoms with van der Waals surface area (Å²) in [6, 6.07) is 0.270. The highest BCUT2D eigenvalue weighted by molar-refractivity contribution is 5.00. The van der Waals surface area contributed by atoms with E-state index in [1.54, 1.807) is 6.33 Å². The molecule has 0 aliphatic heterocycles. The molecule has 1 heterocycles. The van der Waals surface area contributed by atoms with Crippen LogP contribution in [-0.2, 0) is 0 Å². The van der Waals surface area contributed by atoms with Crippen LogP contribution in [0.25, 0.3) is 0 Å². The van der Waals surface area contributed by atoms with Crippen LogP contribution in [0, 0.1) is 0 Å². The Bertz CT molecular complexity index is 231. The molecule has 3 N–H and O–H groups in total. The highest BCUT2D eigenvalue weighted by Crippen LogP contribution is 2.29. The van der Waals surface area contributed by atoms with E-state index >= 15 is 0 Å². The first-order chi connectivity index (χ1) is 5.88. The summed E-state index contributed by atoms with van der Waals surface area (Å²) in [5.41, 5.74) is 5.98. The molecular formula is C8H14N4. The van der Waals surface area contributed by atoms with Gasteiger partial charge in [0.05, 0.1) is 0 Å². The van der Waals surface area contributed by atoms with Crippen LogP contribution in [0.5, 0.6) is 0 Å². The third-order valence-electron chi connectivity index (χ3n) is 2.60. The van der Waals surface area contributed by atoms with Crippen molar-refractivity contribution in [3.63, 3.8) is 0 Å². The monoisotopic (exact) mass is 166 g/mol. The maximum Gasteiger partial charge on any atom is 0.137 e. The maximum absolute atomic E-state index is 5.98. The Balaban J connectivity index is 2.11. The Morgan fingerprint density at radius 2 is 2.25 bits per heavy atom. The first-order valence-electron chi connectivity index (χ1n) is 4.49. The van der Waals surface area contributed by atoms with Gasteiger partial charge in [0, 0.05) is 12.0 Å². The van der Waals surface area contributed by atoms with Crippen molar-refractivity contribution in [2.24, 2.45) is 5.73 Å². The minimum absolute atomic E-state index is 0.270. The average Bonchev–Trinajstić information content (AvgIpc) is 2.57. The van der Waals surface area contributed by atoms with Crippen LogP contribution in [-0.4, -0.2) is 21.2 Å². The standard InChI is InChI=1S/C8H14N4/c9-7-4-2-1-3-6(7)8-10-5-11-12-8/h5-7H,1-4,9H2,(H,10,11,12). The average molecular weight is 166 g/mol. The van der Waals surface area contributed by atoms with Crippen molar-refractivity contribution in [3.8, 4) is 0 Å². The molecule has 1 aliphatic carbocycles. The fourth-order valence-electron chi connectivity index (χ4n) is 1.89. The van der Waals surface area contributed by atoms with Gasteiger partial charge in [-0.15, -0.1) is 0 Å². The van der Waals surface area contributed by atoms with Crippen molar-refractivity contribution in [1.29, 1.82) is 0 Å². The molecule has 1 aromatic heterocycles. The fraction of sp³-hybridized carbons (Fsp3) is 0.750. The van der Waals surface area contributed by atoms with Crippen molar-refractivity contribution < 1.29 is 0 Å². The minimum atomic E-state index is 0.270. The molecule has 1 saturated carbocycles. The predicted molar refractivity (Wildman–Crippen MR) is 45.6 cm³/mol. The number of rotatable bonds is 1. The van der Waals surface area contributed by atoms with E-state index in [0.29, 0.717) is 5.92 Å². The summed E-state index contributed by atoms with van der Waals surface area (Å²) in [6.45, 7) is 0. The van der Waals surface area contributed by atoms with Crippen LogP contribution in [0.4, 0.5) is 0 Å².